The second-order valence-corrected chi connectivity index (χ2v) is 3.26. The van der Waals surface area contributed by atoms with Crippen molar-refractivity contribution in [2.24, 2.45) is 0 Å². The summed E-state index contributed by atoms with van der Waals surface area (Å²) in [4.78, 5) is 17.5. The highest BCUT2D eigenvalue weighted by Crippen LogP contribution is 2.12. The third kappa shape index (κ3) is 2.70. The molecule has 0 aliphatic rings. The van der Waals surface area contributed by atoms with Crippen molar-refractivity contribution in [3.05, 3.63) is 24.0 Å². The van der Waals surface area contributed by atoms with Gasteiger partial charge in [-0.15, -0.1) is 0 Å². The van der Waals surface area contributed by atoms with Crippen molar-refractivity contribution < 1.29 is 4.79 Å². The van der Waals surface area contributed by atoms with Crippen LogP contribution in [0.5, 0.6) is 0 Å². The standard InChI is InChI=1S/C11H14N4O/c1-2-15(7-3-5-12)11(16)9-8-14-6-4-10(9)13/h4,6,8H,2-3,7H2,1H3,(H2,13,14). The van der Waals surface area contributed by atoms with E-state index in [1.807, 2.05) is 13.0 Å². The van der Waals surface area contributed by atoms with Gasteiger partial charge in [0.05, 0.1) is 18.1 Å². The highest BCUT2D eigenvalue weighted by molar-refractivity contribution is 5.98. The molecule has 5 nitrogen and oxygen atoms in total. The molecule has 1 aromatic rings. The van der Waals surface area contributed by atoms with Gasteiger partial charge in [0.1, 0.15) is 0 Å². The van der Waals surface area contributed by atoms with E-state index in [2.05, 4.69) is 4.98 Å². The summed E-state index contributed by atoms with van der Waals surface area (Å²) in [6.07, 6.45) is 3.31. The smallest absolute Gasteiger partial charge is 0.257 e. The Bertz CT molecular complexity index is 411. The maximum absolute atomic E-state index is 12.0. The molecule has 0 aliphatic carbocycles. The number of aromatic nitrogens is 1. The van der Waals surface area contributed by atoms with Crippen LogP contribution in [0, 0.1) is 11.3 Å². The van der Waals surface area contributed by atoms with Gasteiger partial charge in [-0.2, -0.15) is 5.26 Å². The average molecular weight is 218 g/mol. The Hall–Kier alpha value is -2.09. The van der Waals surface area contributed by atoms with E-state index in [1.165, 1.54) is 12.4 Å². The fourth-order valence-corrected chi connectivity index (χ4v) is 1.34. The van der Waals surface area contributed by atoms with Gasteiger partial charge < -0.3 is 10.6 Å². The van der Waals surface area contributed by atoms with Crippen LogP contribution in [0.15, 0.2) is 18.5 Å². The van der Waals surface area contributed by atoms with Gasteiger partial charge in [-0.25, -0.2) is 0 Å². The van der Waals surface area contributed by atoms with Gasteiger partial charge in [0, 0.05) is 31.2 Å². The third-order valence-corrected chi connectivity index (χ3v) is 2.25. The summed E-state index contributed by atoms with van der Waals surface area (Å²) in [5.74, 6) is -0.177. The highest BCUT2D eigenvalue weighted by atomic mass is 16.2. The molecule has 1 heterocycles. The van der Waals surface area contributed by atoms with Gasteiger partial charge in [-0.1, -0.05) is 0 Å². The van der Waals surface area contributed by atoms with Gasteiger partial charge >= 0.3 is 0 Å². The second kappa shape index (κ2) is 5.71. The summed E-state index contributed by atoms with van der Waals surface area (Å²) >= 11 is 0. The van der Waals surface area contributed by atoms with E-state index in [0.29, 0.717) is 30.8 Å². The quantitative estimate of drug-likeness (QED) is 0.818. The fourth-order valence-electron chi connectivity index (χ4n) is 1.34. The van der Waals surface area contributed by atoms with Crippen molar-refractivity contribution in [1.29, 1.82) is 5.26 Å². The van der Waals surface area contributed by atoms with Gasteiger partial charge in [-0.05, 0) is 13.0 Å². The topological polar surface area (TPSA) is 83.0 Å². The van der Waals surface area contributed by atoms with Crippen LogP contribution in [0.4, 0.5) is 5.69 Å². The number of carbonyl (C=O) groups excluding carboxylic acids is 1. The molecule has 0 saturated heterocycles. The van der Waals surface area contributed by atoms with Crippen LogP contribution in [-0.4, -0.2) is 28.9 Å². The molecule has 0 unspecified atom stereocenters. The van der Waals surface area contributed by atoms with Crippen molar-refractivity contribution in [3.63, 3.8) is 0 Å². The van der Waals surface area contributed by atoms with E-state index in [-0.39, 0.29) is 5.91 Å². The minimum atomic E-state index is -0.177. The second-order valence-electron chi connectivity index (χ2n) is 3.26. The van der Waals surface area contributed by atoms with Crippen molar-refractivity contribution in [1.82, 2.24) is 9.88 Å². The summed E-state index contributed by atoms with van der Waals surface area (Å²) in [6, 6.07) is 3.60. The van der Waals surface area contributed by atoms with Crippen LogP contribution in [-0.2, 0) is 0 Å². The minimum absolute atomic E-state index is 0.177. The monoisotopic (exact) mass is 218 g/mol. The molecule has 0 aromatic carbocycles. The summed E-state index contributed by atoms with van der Waals surface area (Å²) < 4.78 is 0. The van der Waals surface area contributed by atoms with Crippen LogP contribution < -0.4 is 5.73 Å². The Morgan fingerprint density at radius 3 is 3.00 bits per heavy atom. The lowest BCUT2D eigenvalue weighted by molar-refractivity contribution is 0.0768. The SMILES string of the molecule is CCN(CCC#N)C(=O)c1cnccc1N. The first-order valence-corrected chi connectivity index (χ1v) is 5.06. The number of nitriles is 1. The molecule has 84 valence electrons. The zero-order valence-corrected chi connectivity index (χ0v) is 9.18. The Labute approximate surface area is 94.5 Å². The number of rotatable bonds is 4. The number of nitrogen functional groups attached to an aromatic ring is 1. The number of hydrogen-bond acceptors (Lipinski definition) is 4. The summed E-state index contributed by atoms with van der Waals surface area (Å²) in [6.45, 7) is 2.83. The highest BCUT2D eigenvalue weighted by Gasteiger charge is 2.16. The van der Waals surface area contributed by atoms with E-state index in [1.54, 1.807) is 11.0 Å². The van der Waals surface area contributed by atoms with Crippen LogP contribution >= 0.6 is 0 Å². The molecule has 1 amide bonds. The van der Waals surface area contributed by atoms with Crippen molar-refractivity contribution in [2.45, 2.75) is 13.3 Å². The molecule has 1 aromatic heterocycles. The Kier molecular flexibility index (Phi) is 4.28. The molecule has 0 radical (unpaired) electrons. The molecular weight excluding hydrogens is 204 g/mol. The maximum atomic E-state index is 12.0. The molecule has 16 heavy (non-hydrogen) atoms. The molecule has 0 atom stereocenters. The molecule has 2 N–H and O–H groups in total. The molecule has 0 fully saturated rings. The first kappa shape index (κ1) is 12.0. The number of pyridine rings is 1. The summed E-state index contributed by atoms with van der Waals surface area (Å²) in [5, 5.41) is 8.49. The predicted octanol–water partition coefficient (Wildman–Crippen LogP) is 1.04. The molecule has 0 bridgehead atoms. The van der Waals surface area contributed by atoms with Gasteiger partial charge in [-0.3, -0.25) is 9.78 Å². The number of carbonyl (C=O) groups is 1. The van der Waals surface area contributed by atoms with Gasteiger partial charge in [0.2, 0.25) is 0 Å². The molecule has 1 rings (SSSR count). The Balaban J connectivity index is 2.84. The lowest BCUT2D eigenvalue weighted by atomic mass is 10.2. The number of nitrogens with zero attached hydrogens (tertiary/aromatic N) is 3. The largest absolute Gasteiger partial charge is 0.398 e. The molecule has 0 saturated carbocycles. The number of nitrogens with two attached hydrogens (primary N) is 1. The number of anilines is 1. The van der Waals surface area contributed by atoms with Gasteiger partial charge in [0.25, 0.3) is 5.91 Å². The fraction of sp³-hybridized carbons (Fsp3) is 0.364. The molecule has 0 spiro atoms. The maximum Gasteiger partial charge on any atom is 0.257 e. The average Bonchev–Trinajstić information content (AvgIpc) is 2.30. The van der Waals surface area contributed by atoms with Crippen molar-refractivity contribution >= 4 is 11.6 Å². The van der Waals surface area contributed by atoms with Crippen LogP contribution in [0.2, 0.25) is 0 Å². The Morgan fingerprint density at radius 2 is 2.44 bits per heavy atom. The van der Waals surface area contributed by atoms with E-state index in [0.717, 1.165) is 0 Å². The normalized spacial score (nSPS) is 9.50. The lowest BCUT2D eigenvalue weighted by Crippen LogP contribution is -2.32. The van der Waals surface area contributed by atoms with Crippen molar-refractivity contribution in [3.8, 4) is 6.07 Å². The zero-order valence-electron chi connectivity index (χ0n) is 9.18. The van der Waals surface area contributed by atoms with Crippen LogP contribution in [0.25, 0.3) is 0 Å². The molecular formula is C11H14N4O. The van der Waals surface area contributed by atoms with Crippen LogP contribution in [0.3, 0.4) is 0 Å². The van der Waals surface area contributed by atoms with Crippen LogP contribution in [0.1, 0.15) is 23.7 Å². The summed E-state index contributed by atoms with van der Waals surface area (Å²) in [5.41, 5.74) is 6.49. The first-order valence-electron chi connectivity index (χ1n) is 5.06. The zero-order chi connectivity index (χ0) is 12.0. The molecule has 0 aliphatic heterocycles. The number of amides is 1. The van der Waals surface area contributed by atoms with E-state index < -0.39 is 0 Å². The Morgan fingerprint density at radius 1 is 1.69 bits per heavy atom. The van der Waals surface area contributed by atoms with E-state index in [4.69, 9.17) is 11.0 Å². The minimum Gasteiger partial charge on any atom is -0.398 e. The predicted molar refractivity (Wildman–Crippen MR) is 60.5 cm³/mol. The first-order chi connectivity index (χ1) is 7.70. The lowest BCUT2D eigenvalue weighted by Gasteiger charge is -2.19. The van der Waals surface area contributed by atoms with Crippen molar-refractivity contribution in [2.75, 3.05) is 18.8 Å². The van der Waals surface area contributed by atoms with Gasteiger partial charge in [0.15, 0.2) is 0 Å². The van der Waals surface area contributed by atoms with E-state index >= 15 is 0 Å². The van der Waals surface area contributed by atoms with E-state index in [9.17, 15) is 4.79 Å². The number of hydrogen-bond donors (Lipinski definition) is 1. The molecule has 5 heteroatoms. The third-order valence-electron chi connectivity index (χ3n) is 2.25. The summed E-state index contributed by atoms with van der Waals surface area (Å²) in [7, 11) is 0.